The van der Waals surface area contributed by atoms with Crippen LogP contribution in [0.4, 0.5) is 5.69 Å². The quantitative estimate of drug-likeness (QED) is 0.844. The first-order valence-electron chi connectivity index (χ1n) is 6.40. The van der Waals surface area contributed by atoms with E-state index in [9.17, 15) is 0 Å². The number of likely N-dealkylation sites (tertiary alicyclic amines) is 1. The number of thiocarbonyl (C=S) groups is 1. The van der Waals surface area contributed by atoms with Crippen LogP contribution in [0.5, 0.6) is 0 Å². The molecule has 1 unspecified atom stereocenters. The number of benzene rings is 1. The molecule has 3 nitrogen and oxygen atoms in total. The van der Waals surface area contributed by atoms with Gasteiger partial charge in [-0.05, 0) is 43.6 Å². The summed E-state index contributed by atoms with van der Waals surface area (Å²) in [5, 5.41) is 0. The summed E-state index contributed by atoms with van der Waals surface area (Å²) in [7, 11) is 4.08. The van der Waals surface area contributed by atoms with E-state index >= 15 is 0 Å². The van der Waals surface area contributed by atoms with Crippen LogP contribution in [0.3, 0.4) is 0 Å². The lowest BCUT2D eigenvalue weighted by Crippen LogP contribution is -2.34. The molecular weight excluding hydrogens is 242 g/mol. The van der Waals surface area contributed by atoms with E-state index in [1.165, 1.54) is 24.1 Å². The van der Waals surface area contributed by atoms with Crippen LogP contribution in [-0.2, 0) is 0 Å². The van der Waals surface area contributed by atoms with Crippen LogP contribution in [0.1, 0.15) is 24.4 Å². The van der Waals surface area contributed by atoms with Crippen molar-refractivity contribution in [3.8, 4) is 0 Å². The van der Waals surface area contributed by atoms with Crippen LogP contribution in [0.15, 0.2) is 24.3 Å². The van der Waals surface area contributed by atoms with Gasteiger partial charge in [-0.2, -0.15) is 0 Å². The summed E-state index contributed by atoms with van der Waals surface area (Å²) in [4.78, 5) is 5.05. The molecular formula is C14H21N3S. The summed E-state index contributed by atoms with van der Waals surface area (Å²) >= 11 is 5.25. The molecule has 0 aromatic heterocycles. The topological polar surface area (TPSA) is 32.5 Å². The van der Waals surface area contributed by atoms with Crippen LogP contribution in [-0.4, -0.2) is 37.1 Å². The molecule has 0 saturated carbocycles. The average Bonchev–Trinajstić information content (AvgIpc) is 2.83. The number of hydrogen-bond acceptors (Lipinski definition) is 3. The van der Waals surface area contributed by atoms with Crippen LogP contribution < -0.4 is 10.6 Å². The molecule has 98 valence electrons. The van der Waals surface area contributed by atoms with Gasteiger partial charge in [0, 0.05) is 19.8 Å². The van der Waals surface area contributed by atoms with Crippen molar-refractivity contribution >= 4 is 22.9 Å². The lowest BCUT2D eigenvalue weighted by atomic mass is 10.0. The maximum atomic E-state index is 5.93. The van der Waals surface area contributed by atoms with Crippen molar-refractivity contribution in [3.63, 3.8) is 0 Å². The van der Waals surface area contributed by atoms with Gasteiger partial charge >= 0.3 is 0 Å². The smallest absolute Gasteiger partial charge is 0.0948 e. The van der Waals surface area contributed by atoms with Gasteiger partial charge in [0.15, 0.2) is 0 Å². The van der Waals surface area contributed by atoms with Gasteiger partial charge in [0.1, 0.15) is 0 Å². The van der Waals surface area contributed by atoms with Crippen molar-refractivity contribution in [1.82, 2.24) is 4.90 Å². The molecule has 1 aliphatic heterocycles. The Kier molecular flexibility index (Phi) is 4.19. The predicted octanol–water partition coefficient (Wildman–Crippen LogP) is 2.18. The van der Waals surface area contributed by atoms with E-state index in [4.69, 9.17) is 18.0 Å². The van der Waals surface area contributed by atoms with E-state index in [0.717, 1.165) is 13.1 Å². The Labute approximate surface area is 115 Å². The second kappa shape index (κ2) is 5.67. The number of hydrogen-bond donors (Lipinski definition) is 1. The lowest BCUT2D eigenvalue weighted by Gasteiger charge is -2.27. The fourth-order valence-electron chi connectivity index (χ4n) is 2.51. The zero-order chi connectivity index (χ0) is 13.1. The Hall–Kier alpha value is -1.13. The van der Waals surface area contributed by atoms with Gasteiger partial charge < -0.3 is 10.6 Å². The Morgan fingerprint density at radius 1 is 1.22 bits per heavy atom. The maximum absolute atomic E-state index is 5.93. The molecule has 0 amide bonds. The van der Waals surface area contributed by atoms with Crippen molar-refractivity contribution in [2.24, 2.45) is 5.73 Å². The van der Waals surface area contributed by atoms with Crippen LogP contribution >= 0.6 is 12.2 Å². The fraction of sp³-hybridized carbons (Fsp3) is 0.500. The minimum Gasteiger partial charge on any atom is -0.392 e. The predicted molar refractivity (Wildman–Crippen MR) is 81.1 cm³/mol. The molecule has 4 heteroatoms. The minimum atomic E-state index is 0.0960. The molecule has 2 N–H and O–H groups in total. The van der Waals surface area contributed by atoms with Gasteiger partial charge in [-0.25, -0.2) is 0 Å². The normalized spacial score (nSPS) is 17.7. The molecule has 1 fully saturated rings. The SMILES string of the molecule is CN(C)c1ccc(C(C(N)=S)N2CCCC2)cc1. The summed E-state index contributed by atoms with van der Waals surface area (Å²) in [5.74, 6) is 0. The highest BCUT2D eigenvalue weighted by Crippen LogP contribution is 2.26. The summed E-state index contributed by atoms with van der Waals surface area (Å²) in [5.41, 5.74) is 8.33. The minimum absolute atomic E-state index is 0.0960. The number of anilines is 1. The van der Waals surface area contributed by atoms with Crippen molar-refractivity contribution in [3.05, 3.63) is 29.8 Å². The molecule has 1 aliphatic rings. The number of nitrogens with zero attached hydrogens (tertiary/aromatic N) is 2. The summed E-state index contributed by atoms with van der Waals surface area (Å²) < 4.78 is 0. The molecule has 0 bridgehead atoms. The van der Waals surface area contributed by atoms with E-state index in [1.54, 1.807) is 0 Å². The van der Waals surface area contributed by atoms with Crippen molar-refractivity contribution in [2.75, 3.05) is 32.1 Å². The van der Waals surface area contributed by atoms with Crippen molar-refractivity contribution in [1.29, 1.82) is 0 Å². The molecule has 1 saturated heterocycles. The second-order valence-electron chi connectivity index (χ2n) is 5.03. The molecule has 1 atom stereocenters. The molecule has 1 heterocycles. The standard InChI is InChI=1S/C14H21N3S/c1-16(2)12-7-5-11(6-8-12)13(14(15)18)17-9-3-4-10-17/h5-8,13H,3-4,9-10H2,1-2H3,(H2,15,18). The molecule has 2 rings (SSSR count). The molecule has 0 radical (unpaired) electrons. The molecule has 1 aromatic rings. The summed E-state index contributed by atoms with van der Waals surface area (Å²) in [6.45, 7) is 2.19. The van der Waals surface area contributed by atoms with Gasteiger partial charge in [0.25, 0.3) is 0 Å². The zero-order valence-electron chi connectivity index (χ0n) is 11.1. The first-order valence-corrected chi connectivity index (χ1v) is 6.81. The highest BCUT2D eigenvalue weighted by molar-refractivity contribution is 7.80. The van der Waals surface area contributed by atoms with E-state index in [-0.39, 0.29) is 6.04 Å². The van der Waals surface area contributed by atoms with Gasteiger partial charge in [0.2, 0.25) is 0 Å². The molecule has 18 heavy (non-hydrogen) atoms. The third kappa shape index (κ3) is 2.82. The molecule has 1 aromatic carbocycles. The lowest BCUT2D eigenvalue weighted by molar-refractivity contribution is 0.305. The third-order valence-electron chi connectivity index (χ3n) is 3.50. The third-order valence-corrected chi connectivity index (χ3v) is 3.72. The second-order valence-corrected chi connectivity index (χ2v) is 5.51. The van der Waals surface area contributed by atoms with Crippen LogP contribution in [0.2, 0.25) is 0 Å². The summed E-state index contributed by atoms with van der Waals surface area (Å²) in [6, 6.07) is 8.61. The van der Waals surface area contributed by atoms with E-state index < -0.39 is 0 Å². The first-order chi connectivity index (χ1) is 8.59. The van der Waals surface area contributed by atoms with Crippen LogP contribution in [0.25, 0.3) is 0 Å². The van der Waals surface area contributed by atoms with Crippen molar-refractivity contribution < 1.29 is 0 Å². The Balaban J connectivity index is 2.22. The van der Waals surface area contributed by atoms with Gasteiger partial charge in [-0.1, -0.05) is 24.4 Å². The van der Waals surface area contributed by atoms with Crippen molar-refractivity contribution in [2.45, 2.75) is 18.9 Å². The molecule has 0 aliphatic carbocycles. The highest BCUT2D eigenvalue weighted by atomic mass is 32.1. The number of nitrogens with two attached hydrogens (primary N) is 1. The fourth-order valence-corrected chi connectivity index (χ4v) is 2.79. The monoisotopic (exact) mass is 263 g/mol. The first kappa shape index (κ1) is 13.3. The molecule has 0 spiro atoms. The largest absolute Gasteiger partial charge is 0.392 e. The van der Waals surface area contributed by atoms with Gasteiger partial charge in [0.05, 0.1) is 11.0 Å². The van der Waals surface area contributed by atoms with Gasteiger partial charge in [-0.3, -0.25) is 4.90 Å². The van der Waals surface area contributed by atoms with Crippen LogP contribution in [0, 0.1) is 0 Å². The van der Waals surface area contributed by atoms with E-state index in [0.29, 0.717) is 4.99 Å². The Morgan fingerprint density at radius 2 is 1.78 bits per heavy atom. The highest BCUT2D eigenvalue weighted by Gasteiger charge is 2.25. The number of rotatable bonds is 4. The summed E-state index contributed by atoms with van der Waals surface area (Å²) in [6.07, 6.45) is 2.49. The van der Waals surface area contributed by atoms with E-state index in [1.807, 2.05) is 14.1 Å². The Bertz CT molecular complexity index is 408. The Morgan fingerprint density at radius 3 is 2.22 bits per heavy atom. The zero-order valence-corrected chi connectivity index (χ0v) is 11.9. The van der Waals surface area contributed by atoms with Gasteiger partial charge in [-0.15, -0.1) is 0 Å². The average molecular weight is 263 g/mol. The maximum Gasteiger partial charge on any atom is 0.0948 e. The van der Waals surface area contributed by atoms with E-state index in [2.05, 4.69) is 34.1 Å².